The van der Waals surface area contributed by atoms with Gasteiger partial charge in [-0.25, -0.2) is 9.78 Å². The molecule has 1 atom stereocenters. The predicted molar refractivity (Wildman–Crippen MR) is 148 cm³/mol. The number of nitrogens with one attached hydrogen (secondary N) is 1. The van der Waals surface area contributed by atoms with Crippen molar-refractivity contribution in [2.24, 2.45) is 11.1 Å². The molecule has 4 amide bonds. The van der Waals surface area contributed by atoms with Crippen LogP contribution in [0.1, 0.15) is 62.0 Å². The number of hydrogen-bond acceptors (Lipinski definition) is 8. The number of fused-ring (bicyclic) bond motifs is 1. The summed E-state index contributed by atoms with van der Waals surface area (Å²) in [7, 11) is 2.17. The number of amides is 4. The molecule has 3 aliphatic heterocycles. The number of hydrogen-bond donors (Lipinski definition) is 2. The van der Waals surface area contributed by atoms with Gasteiger partial charge in [-0.15, -0.1) is 0 Å². The first-order valence-electron chi connectivity index (χ1n) is 13.3. The molecule has 2 aromatic rings. The Bertz CT molecular complexity index is 1220. The molecule has 0 aliphatic carbocycles. The molecule has 0 aromatic carbocycles. The van der Waals surface area contributed by atoms with Crippen LogP contribution in [0.15, 0.2) is 12.1 Å². The summed E-state index contributed by atoms with van der Waals surface area (Å²) in [5.74, 6) is 0.121. The summed E-state index contributed by atoms with van der Waals surface area (Å²) in [6, 6.07) is 3.51. The van der Waals surface area contributed by atoms with Crippen LogP contribution in [-0.2, 0) is 9.59 Å². The van der Waals surface area contributed by atoms with Crippen molar-refractivity contribution in [2.45, 2.75) is 65.0 Å². The number of aromatic nitrogens is 1. The van der Waals surface area contributed by atoms with Crippen LogP contribution in [0.4, 0.5) is 9.80 Å². The molecule has 3 fully saturated rings. The molecule has 5 heterocycles. The van der Waals surface area contributed by atoms with E-state index in [2.05, 4.69) is 27.1 Å². The Balaban J connectivity index is 0.000000186. The third-order valence-electron chi connectivity index (χ3n) is 7.85. The number of anilines is 1. The molecule has 1 spiro atoms. The van der Waals surface area contributed by atoms with Gasteiger partial charge in [0, 0.05) is 36.1 Å². The van der Waals surface area contributed by atoms with Gasteiger partial charge in [-0.2, -0.15) is 0 Å². The molecule has 3 saturated heterocycles. The third kappa shape index (κ3) is 5.74. The second-order valence-electron chi connectivity index (χ2n) is 11.0. The predicted octanol–water partition coefficient (Wildman–Crippen LogP) is 3.24. The van der Waals surface area contributed by atoms with Gasteiger partial charge in [0.2, 0.25) is 11.8 Å². The van der Waals surface area contributed by atoms with E-state index >= 15 is 0 Å². The number of nitrogens with zero attached hydrogens (tertiary/aromatic N) is 4. The summed E-state index contributed by atoms with van der Waals surface area (Å²) in [6.07, 6.45) is 5.40. The topological polar surface area (TPSA) is 129 Å². The van der Waals surface area contributed by atoms with Crippen molar-refractivity contribution in [1.29, 1.82) is 0 Å². The van der Waals surface area contributed by atoms with Crippen LogP contribution >= 0.6 is 11.3 Å². The SMILES string of the molecule is CC(C)N1C(=O)CC2(CCCN(C3CCN(C)CC3)C2)C1=O.Cc1ccc2c(C=O)c(NC(N)=O)sc2n1. The van der Waals surface area contributed by atoms with E-state index < -0.39 is 11.4 Å². The quantitative estimate of drug-likeness (QED) is 0.448. The van der Waals surface area contributed by atoms with Gasteiger partial charge in [-0.05, 0) is 85.3 Å². The van der Waals surface area contributed by atoms with Crippen LogP contribution in [0.2, 0.25) is 0 Å². The van der Waals surface area contributed by atoms with E-state index in [1.54, 1.807) is 0 Å². The van der Waals surface area contributed by atoms with Crippen LogP contribution in [0.5, 0.6) is 0 Å². The number of carbonyl (C=O) groups excluding carboxylic acids is 4. The van der Waals surface area contributed by atoms with Gasteiger partial charge >= 0.3 is 6.03 Å². The molecule has 2 aromatic heterocycles. The average molecular weight is 543 g/mol. The largest absolute Gasteiger partial charge is 0.351 e. The van der Waals surface area contributed by atoms with Gasteiger partial charge in [0.25, 0.3) is 0 Å². The van der Waals surface area contributed by atoms with Crippen molar-refractivity contribution in [3.63, 3.8) is 0 Å². The van der Waals surface area contributed by atoms with Crippen molar-refractivity contribution < 1.29 is 19.2 Å². The second kappa shape index (κ2) is 11.5. The number of rotatable bonds is 4. The highest BCUT2D eigenvalue weighted by Gasteiger charge is 2.54. The first-order chi connectivity index (χ1) is 18.0. The number of likely N-dealkylation sites (tertiary alicyclic amines) is 3. The molecular formula is C27H38N6O4S. The Labute approximate surface area is 227 Å². The van der Waals surface area contributed by atoms with Crippen molar-refractivity contribution in [2.75, 3.05) is 38.5 Å². The summed E-state index contributed by atoms with van der Waals surface area (Å²) in [5.41, 5.74) is 5.87. The zero-order valence-electron chi connectivity index (χ0n) is 22.7. The highest BCUT2D eigenvalue weighted by Crippen LogP contribution is 2.42. The fraction of sp³-hybridized carbons (Fsp3) is 0.593. The van der Waals surface area contributed by atoms with Gasteiger partial charge in [0.1, 0.15) is 9.83 Å². The van der Waals surface area contributed by atoms with Gasteiger partial charge in [-0.1, -0.05) is 11.3 Å². The molecule has 0 saturated carbocycles. The molecule has 3 aliphatic rings. The normalized spacial score (nSPS) is 23.2. The number of primary amides is 1. The maximum absolute atomic E-state index is 12.9. The maximum Gasteiger partial charge on any atom is 0.317 e. The Kier molecular flexibility index (Phi) is 8.49. The zero-order chi connectivity index (χ0) is 27.6. The number of urea groups is 1. The lowest BCUT2D eigenvalue weighted by molar-refractivity contribution is -0.145. The summed E-state index contributed by atoms with van der Waals surface area (Å²) in [5, 5.41) is 3.59. The molecule has 5 rings (SSSR count). The lowest BCUT2D eigenvalue weighted by Gasteiger charge is -2.44. The Morgan fingerprint density at radius 3 is 2.55 bits per heavy atom. The van der Waals surface area contributed by atoms with Crippen LogP contribution in [0.25, 0.3) is 10.2 Å². The summed E-state index contributed by atoms with van der Waals surface area (Å²) < 4.78 is 0. The number of piperidine rings is 2. The Morgan fingerprint density at radius 2 is 1.95 bits per heavy atom. The monoisotopic (exact) mass is 542 g/mol. The number of aldehydes is 1. The first-order valence-corrected chi connectivity index (χ1v) is 14.1. The number of aryl methyl sites for hydroxylation is 1. The van der Waals surface area contributed by atoms with E-state index in [1.165, 1.54) is 29.1 Å². The second-order valence-corrected chi connectivity index (χ2v) is 12.0. The zero-order valence-corrected chi connectivity index (χ0v) is 23.5. The average Bonchev–Trinajstić information content (AvgIpc) is 3.31. The molecule has 0 radical (unpaired) electrons. The number of carbonyl (C=O) groups is 4. The van der Waals surface area contributed by atoms with E-state index in [0.29, 0.717) is 34.1 Å². The minimum absolute atomic E-state index is 0.0157. The van der Waals surface area contributed by atoms with E-state index in [1.807, 2.05) is 32.9 Å². The maximum atomic E-state index is 12.9. The third-order valence-corrected chi connectivity index (χ3v) is 8.88. The van der Waals surface area contributed by atoms with Crippen molar-refractivity contribution in [3.8, 4) is 0 Å². The van der Waals surface area contributed by atoms with E-state index in [4.69, 9.17) is 5.73 Å². The lowest BCUT2D eigenvalue weighted by atomic mass is 9.77. The standard InChI is InChI=1S/C17H29N3O2.C10H9N3O2S/c1-13(2)20-15(21)11-17(16(20)22)7-4-8-19(12-17)14-5-9-18(3)10-6-14;1-5-2-3-6-7(4-14)9(13-10(11)15)16-8(6)12-5/h13-14H,4-12H2,1-3H3;2-4H,1H3,(H3,11,13,15). The molecule has 38 heavy (non-hydrogen) atoms. The molecule has 3 N–H and O–H groups in total. The van der Waals surface area contributed by atoms with Gasteiger partial charge in [0.15, 0.2) is 6.29 Å². The highest BCUT2D eigenvalue weighted by molar-refractivity contribution is 7.23. The van der Waals surface area contributed by atoms with Crippen molar-refractivity contribution in [3.05, 3.63) is 23.4 Å². The summed E-state index contributed by atoms with van der Waals surface area (Å²) in [4.78, 5) is 58.3. The molecule has 206 valence electrons. The molecule has 10 nitrogen and oxygen atoms in total. The summed E-state index contributed by atoms with van der Waals surface area (Å²) in [6.45, 7) is 9.88. The smallest absolute Gasteiger partial charge is 0.317 e. The van der Waals surface area contributed by atoms with Crippen molar-refractivity contribution in [1.82, 2.24) is 19.7 Å². The van der Waals surface area contributed by atoms with Crippen LogP contribution in [-0.4, -0.2) is 89.1 Å². The first kappa shape index (κ1) is 28.1. The number of nitrogens with two attached hydrogens (primary N) is 1. The van der Waals surface area contributed by atoms with Gasteiger partial charge in [0.05, 0.1) is 11.0 Å². The van der Waals surface area contributed by atoms with Crippen LogP contribution in [0, 0.1) is 12.3 Å². The number of pyridine rings is 1. The van der Waals surface area contributed by atoms with Crippen LogP contribution < -0.4 is 11.1 Å². The number of imide groups is 1. The number of thiophene rings is 1. The van der Waals surface area contributed by atoms with Gasteiger partial charge < -0.3 is 10.6 Å². The van der Waals surface area contributed by atoms with E-state index in [0.717, 1.165) is 50.1 Å². The van der Waals surface area contributed by atoms with Crippen molar-refractivity contribution >= 4 is 50.7 Å². The fourth-order valence-corrected chi connectivity index (χ4v) is 7.00. The molecule has 11 heteroatoms. The highest BCUT2D eigenvalue weighted by atomic mass is 32.1. The van der Waals surface area contributed by atoms with Crippen LogP contribution in [0.3, 0.4) is 0 Å². The molecule has 0 bridgehead atoms. The summed E-state index contributed by atoms with van der Waals surface area (Å²) >= 11 is 1.24. The minimum Gasteiger partial charge on any atom is -0.351 e. The Morgan fingerprint density at radius 1 is 1.24 bits per heavy atom. The van der Waals surface area contributed by atoms with E-state index in [-0.39, 0.29) is 17.9 Å². The minimum atomic E-state index is -0.689. The molecular weight excluding hydrogens is 504 g/mol. The van der Waals surface area contributed by atoms with Gasteiger partial charge in [-0.3, -0.25) is 29.5 Å². The lowest BCUT2D eigenvalue weighted by Crippen LogP contribution is -2.53. The Hall–Kier alpha value is -2.89. The van der Waals surface area contributed by atoms with E-state index in [9.17, 15) is 19.2 Å². The molecule has 1 unspecified atom stereocenters. The fourth-order valence-electron chi connectivity index (χ4n) is 5.91.